The number of hydrogen-bond acceptors (Lipinski definition) is 6. The van der Waals surface area contributed by atoms with Gasteiger partial charge in [-0.2, -0.15) is 5.10 Å². The number of carbonyl (C=O) groups excluding carboxylic acids is 2. The van der Waals surface area contributed by atoms with Crippen LogP contribution in [0.4, 0.5) is 11.4 Å². The van der Waals surface area contributed by atoms with Crippen LogP contribution in [0.2, 0.25) is 0 Å². The maximum atomic E-state index is 12.7. The van der Waals surface area contributed by atoms with Gasteiger partial charge >= 0.3 is 5.97 Å². The van der Waals surface area contributed by atoms with E-state index in [1.165, 1.54) is 4.68 Å². The average Bonchev–Trinajstić information content (AvgIpc) is 3.13. The lowest BCUT2D eigenvalue weighted by Crippen LogP contribution is -2.39. The van der Waals surface area contributed by atoms with Crippen molar-refractivity contribution in [2.45, 2.75) is 26.8 Å². The molecule has 27 heavy (non-hydrogen) atoms. The fourth-order valence-electron chi connectivity index (χ4n) is 2.69. The molecular formula is C19H21N5O3. The largest absolute Gasteiger partial charge is 0.462 e. The van der Waals surface area contributed by atoms with Crippen LogP contribution in [0.25, 0.3) is 0 Å². The second-order valence-corrected chi connectivity index (χ2v) is 5.97. The maximum absolute atomic E-state index is 12.7. The quantitative estimate of drug-likeness (QED) is 0.810. The summed E-state index contributed by atoms with van der Waals surface area (Å²) in [4.78, 5) is 29.8. The van der Waals surface area contributed by atoms with E-state index in [4.69, 9.17) is 4.74 Å². The van der Waals surface area contributed by atoms with Crippen molar-refractivity contribution in [1.82, 2.24) is 15.1 Å². The second kappa shape index (κ2) is 7.86. The van der Waals surface area contributed by atoms with Crippen LogP contribution in [-0.2, 0) is 14.3 Å². The summed E-state index contributed by atoms with van der Waals surface area (Å²) in [6.07, 6.45) is 3.30. The number of nitrogens with zero attached hydrogens (tertiary/aromatic N) is 3. The molecule has 8 nitrogen and oxygen atoms in total. The summed E-state index contributed by atoms with van der Waals surface area (Å²) in [6, 6.07) is 8.51. The summed E-state index contributed by atoms with van der Waals surface area (Å²) in [6.45, 7) is 5.40. The van der Waals surface area contributed by atoms with Gasteiger partial charge < -0.3 is 15.4 Å². The van der Waals surface area contributed by atoms with E-state index in [1.54, 1.807) is 45.3 Å². The number of anilines is 1. The number of benzene rings is 1. The third-order valence-corrected chi connectivity index (χ3v) is 4.09. The van der Waals surface area contributed by atoms with Crippen molar-refractivity contribution in [1.29, 1.82) is 0 Å². The minimum atomic E-state index is -0.571. The van der Waals surface area contributed by atoms with Crippen LogP contribution in [0.15, 0.2) is 59.0 Å². The lowest BCUT2D eigenvalue weighted by Gasteiger charge is -2.16. The zero-order valence-corrected chi connectivity index (χ0v) is 15.4. The molecule has 1 aliphatic rings. The molecule has 2 heterocycles. The molecule has 0 bridgehead atoms. The molecule has 1 aromatic carbocycles. The molecular weight excluding hydrogens is 346 g/mol. The Morgan fingerprint density at radius 2 is 2.07 bits per heavy atom. The number of hydrogen-bond donors (Lipinski definition) is 2. The Labute approximate surface area is 156 Å². The molecule has 0 radical (unpaired) electrons. The van der Waals surface area contributed by atoms with Gasteiger partial charge in [-0.25, -0.2) is 9.79 Å². The molecule has 0 fully saturated rings. The van der Waals surface area contributed by atoms with Crippen LogP contribution >= 0.6 is 0 Å². The van der Waals surface area contributed by atoms with Crippen molar-refractivity contribution in [3.63, 3.8) is 0 Å². The van der Waals surface area contributed by atoms with Gasteiger partial charge in [-0.05, 0) is 39.0 Å². The molecule has 1 aliphatic heterocycles. The van der Waals surface area contributed by atoms with Gasteiger partial charge in [0.2, 0.25) is 5.91 Å². The van der Waals surface area contributed by atoms with E-state index >= 15 is 0 Å². The molecule has 1 atom stereocenters. The van der Waals surface area contributed by atoms with E-state index in [0.29, 0.717) is 11.4 Å². The van der Waals surface area contributed by atoms with E-state index in [1.807, 2.05) is 18.2 Å². The average molecular weight is 367 g/mol. The van der Waals surface area contributed by atoms with Gasteiger partial charge in [-0.3, -0.25) is 9.48 Å². The molecule has 0 saturated heterocycles. The lowest BCUT2D eigenvalue weighted by molar-refractivity contribution is -0.137. The molecule has 1 unspecified atom stereocenters. The predicted octanol–water partition coefficient (Wildman–Crippen LogP) is 2.55. The van der Waals surface area contributed by atoms with Crippen LogP contribution < -0.4 is 10.6 Å². The van der Waals surface area contributed by atoms with Crippen molar-refractivity contribution in [2.75, 3.05) is 11.9 Å². The molecule has 2 N–H and O–H groups in total. The Kier molecular flexibility index (Phi) is 5.35. The van der Waals surface area contributed by atoms with Crippen molar-refractivity contribution in [2.24, 2.45) is 4.99 Å². The fourth-order valence-corrected chi connectivity index (χ4v) is 2.69. The number of esters is 1. The Balaban J connectivity index is 1.99. The lowest BCUT2D eigenvalue weighted by atomic mass is 10.1. The molecule has 8 heteroatoms. The number of amidine groups is 1. The van der Waals surface area contributed by atoms with Gasteiger partial charge in [-0.1, -0.05) is 12.1 Å². The maximum Gasteiger partial charge on any atom is 0.343 e. The molecule has 3 rings (SSSR count). The zero-order valence-electron chi connectivity index (χ0n) is 15.4. The van der Waals surface area contributed by atoms with Crippen LogP contribution in [0.1, 0.15) is 26.8 Å². The van der Waals surface area contributed by atoms with Crippen LogP contribution in [0.3, 0.4) is 0 Å². The SMILES string of the molecule is CCOC(=O)C1=C(C)Nc2ccccc2N=C1NC(=O)C(C)n1cccn1. The van der Waals surface area contributed by atoms with Crippen molar-refractivity contribution < 1.29 is 14.3 Å². The van der Waals surface area contributed by atoms with Gasteiger partial charge in [0.25, 0.3) is 0 Å². The number of ether oxygens (including phenoxy) is 1. The van der Waals surface area contributed by atoms with Gasteiger partial charge in [-0.15, -0.1) is 0 Å². The third kappa shape index (κ3) is 3.89. The van der Waals surface area contributed by atoms with Gasteiger partial charge in [0.1, 0.15) is 17.5 Å². The highest BCUT2D eigenvalue weighted by Crippen LogP contribution is 2.30. The highest BCUT2D eigenvalue weighted by Gasteiger charge is 2.27. The van der Waals surface area contributed by atoms with Crippen LogP contribution in [0.5, 0.6) is 0 Å². The van der Waals surface area contributed by atoms with Crippen molar-refractivity contribution in [3.8, 4) is 0 Å². The summed E-state index contributed by atoms with van der Waals surface area (Å²) < 4.78 is 6.69. The minimum absolute atomic E-state index is 0.146. The zero-order chi connectivity index (χ0) is 19.4. The Bertz CT molecular complexity index is 915. The summed E-state index contributed by atoms with van der Waals surface area (Å²) in [7, 11) is 0. The first kappa shape index (κ1) is 18.4. The van der Waals surface area contributed by atoms with E-state index < -0.39 is 12.0 Å². The number of carbonyl (C=O) groups is 2. The van der Waals surface area contributed by atoms with Crippen LogP contribution in [0, 0.1) is 0 Å². The Hall–Kier alpha value is -3.42. The number of aromatic nitrogens is 2. The number of allylic oxidation sites excluding steroid dienone is 1. The highest BCUT2D eigenvalue weighted by atomic mass is 16.5. The third-order valence-electron chi connectivity index (χ3n) is 4.09. The fraction of sp³-hybridized carbons (Fsp3) is 0.263. The number of aliphatic imine (C=N–C) groups is 1. The van der Waals surface area contributed by atoms with Crippen molar-refractivity contribution in [3.05, 3.63) is 54.0 Å². The van der Waals surface area contributed by atoms with Gasteiger partial charge in [0.05, 0.1) is 18.0 Å². The molecule has 0 spiro atoms. The molecule has 1 aromatic heterocycles. The molecule has 1 amide bonds. The van der Waals surface area contributed by atoms with E-state index in [-0.39, 0.29) is 23.9 Å². The minimum Gasteiger partial charge on any atom is -0.462 e. The smallest absolute Gasteiger partial charge is 0.343 e. The first-order valence-corrected chi connectivity index (χ1v) is 8.64. The molecule has 140 valence electrons. The summed E-state index contributed by atoms with van der Waals surface area (Å²) in [5, 5.41) is 10.0. The molecule has 0 aliphatic carbocycles. The van der Waals surface area contributed by atoms with E-state index in [2.05, 4.69) is 20.7 Å². The molecule has 2 aromatic rings. The number of rotatable bonds is 4. The summed E-state index contributed by atoms with van der Waals surface area (Å²) >= 11 is 0. The van der Waals surface area contributed by atoms with Crippen LogP contribution in [-0.4, -0.2) is 34.1 Å². The van der Waals surface area contributed by atoms with Gasteiger partial charge in [0, 0.05) is 18.1 Å². The summed E-state index contributed by atoms with van der Waals surface area (Å²) in [5.74, 6) is -0.750. The monoisotopic (exact) mass is 367 g/mol. The standard InChI is InChI=1S/C19H21N5O3/c1-4-27-19(26)16-12(2)21-14-8-5-6-9-15(14)22-17(16)23-18(25)13(3)24-11-7-10-20-24/h5-11,13,21H,4H2,1-3H3,(H,22,23,25). The number of amides is 1. The topological polar surface area (TPSA) is 97.6 Å². The number of nitrogens with one attached hydrogen (secondary N) is 2. The van der Waals surface area contributed by atoms with E-state index in [9.17, 15) is 9.59 Å². The predicted molar refractivity (Wildman–Crippen MR) is 102 cm³/mol. The van der Waals surface area contributed by atoms with Gasteiger partial charge in [0.15, 0.2) is 0 Å². The number of para-hydroxylation sites is 2. The normalized spacial score (nSPS) is 14.4. The summed E-state index contributed by atoms with van der Waals surface area (Å²) in [5.41, 5.74) is 2.08. The van der Waals surface area contributed by atoms with E-state index in [0.717, 1.165) is 5.69 Å². The second-order valence-electron chi connectivity index (χ2n) is 5.97. The Morgan fingerprint density at radius 3 is 2.78 bits per heavy atom. The van der Waals surface area contributed by atoms with Crippen molar-refractivity contribution >= 4 is 29.1 Å². The Morgan fingerprint density at radius 1 is 1.30 bits per heavy atom. The highest BCUT2D eigenvalue weighted by molar-refractivity contribution is 6.24. The first-order valence-electron chi connectivity index (χ1n) is 8.64. The number of fused-ring (bicyclic) bond motifs is 1. The molecule has 0 saturated carbocycles. The first-order chi connectivity index (χ1) is 13.0.